The third-order valence-electron chi connectivity index (χ3n) is 3.73. The average molecular weight is 390 g/mol. The highest BCUT2D eigenvalue weighted by atomic mass is 16.2. The van der Waals surface area contributed by atoms with Crippen molar-refractivity contribution in [2.24, 2.45) is 4.99 Å². The van der Waals surface area contributed by atoms with Crippen molar-refractivity contribution in [2.45, 2.75) is 59.5 Å². The van der Waals surface area contributed by atoms with Gasteiger partial charge in [0.15, 0.2) is 5.96 Å². The lowest BCUT2D eigenvalue weighted by atomic mass is 10.1. The van der Waals surface area contributed by atoms with E-state index in [-0.39, 0.29) is 23.9 Å². The Bertz CT molecular complexity index is 648. The van der Waals surface area contributed by atoms with Crippen LogP contribution in [0.15, 0.2) is 29.3 Å². The molecule has 1 rings (SSSR count). The molecule has 0 spiro atoms. The van der Waals surface area contributed by atoms with Crippen LogP contribution in [0, 0.1) is 0 Å². The van der Waals surface area contributed by atoms with Crippen molar-refractivity contribution in [2.75, 3.05) is 19.6 Å². The van der Waals surface area contributed by atoms with E-state index in [4.69, 9.17) is 0 Å². The summed E-state index contributed by atoms with van der Waals surface area (Å²) in [5.41, 5.74) is 1.37. The summed E-state index contributed by atoms with van der Waals surface area (Å²) < 4.78 is 0. The van der Waals surface area contributed by atoms with Gasteiger partial charge in [-0.3, -0.25) is 9.59 Å². The number of guanidine groups is 1. The van der Waals surface area contributed by atoms with E-state index in [1.54, 1.807) is 0 Å². The first-order valence-electron chi connectivity index (χ1n) is 9.95. The number of hydrogen-bond acceptors (Lipinski definition) is 3. The minimum Gasteiger partial charge on any atom is -0.357 e. The molecule has 1 aromatic carbocycles. The molecule has 0 fully saturated rings. The van der Waals surface area contributed by atoms with Crippen LogP contribution in [0.2, 0.25) is 0 Å². The zero-order chi connectivity index (χ0) is 21.0. The van der Waals surface area contributed by atoms with Crippen LogP contribution in [0.4, 0.5) is 0 Å². The molecule has 2 amide bonds. The number of amides is 2. The van der Waals surface area contributed by atoms with Crippen LogP contribution in [-0.4, -0.2) is 42.9 Å². The molecule has 156 valence electrons. The molecule has 0 saturated carbocycles. The lowest BCUT2D eigenvalue weighted by Crippen LogP contribution is -2.48. The van der Waals surface area contributed by atoms with Crippen molar-refractivity contribution in [3.8, 4) is 0 Å². The Balaban J connectivity index is 2.59. The number of carbonyl (C=O) groups excluding carboxylic acids is 2. The van der Waals surface area contributed by atoms with Crippen LogP contribution in [0.5, 0.6) is 0 Å². The number of aliphatic imine (C=N–C) groups is 1. The SMILES string of the molecule is CCCCNC(=O)c1ccc(CN=C(NCC)NCC(=O)NC(C)(C)C)cc1. The van der Waals surface area contributed by atoms with Crippen LogP contribution < -0.4 is 21.3 Å². The number of hydrogen-bond donors (Lipinski definition) is 4. The highest BCUT2D eigenvalue weighted by Gasteiger charge is 2.13. The summed E-state index contributed by atoms with van der Waals surface area (Å²) in [6, 6.07) is 7.41. The Hall–Kier alpha value is -2.57. The molecule has 0 bridgehead atoms. The highest BCUT2D eigenvalue weighted by Crippen LogP contribution is 2.06. The summed E-state index contributed by atoms with van der Waals surface area (Å²) in [6.07, 6.45) is 2.03. The number of carbonyl (C=O) groups is 2. The van der Waals surface area contributed by atoms with E-state index in [9.17, 15) is 9.59 Å². The second kappa shape index (κ2) is 12.0. The highest BCUT2D eigenvalue weighted by molar-refractivity contribution is 5.94. The zero-order valence-electron chi connectivity index (χ0n) is 17.8. The molecule has 0 heterocycles. The molecule has 0 unspecified atom stereocenters. The fourth-order valence-corrected chi connectivity index (χ4v) is 2.38. The van der Waals surface area contributed by atoms with Crippen LogP contribution in [0.25, 0.3) is 0 Å². The fourth-order valence-electron chi connectivity index (χ4n) is 2.38. The van der Waals surface area contributed by atoms with Gasteiger partial charge in [0.1, 0.15) is 0 Å². The molecule has 0 radical (unpaired) electrons. The maximum absolute atomic E-state index is 12.0. The van der Waals surface area contributed by atoms with Crippen molar-refractivity contribution in [3.63, 3.8) is 0 Å². The van der Waals surface area contributed by atoms with E-state index in [0.29, 0.717) is 31.2 Å². The maximum atomic E-state index is 12.0. The van der Waals surface area contributed by atoms with Gasteiger partial charge >= 0.3 is 0 Å². The van der Waals surface area contributed by atoms with E-state index >= 15 is 0 Å². The molecule has 28 heavy (non-hydrogen) atoms. The molecule has 0 aliphatic heterocycles. The smallest absolute Gasteiger partial charge is 0.251 e. The van der Waals surface area contributed by atoms with Gasteiger partial charge in [-0.05, 0) is 51.8 Å². The lowest BCUT2D eigenvalue weighted by Gasteiger charge is -2.21. The van der Waals surface area contributed by atoms with Crippen molar-refractivity contribution in [1.82, 2.24) is 21.3 Å². The van der Waals surface area contributed by atoms with Gasteiger partial charge in [0, 0.05) is 24.2 Å². The Labute approximate surface area is 168 Å². The average Bonchev–Trinajstić information content (AvgIpc) is 2.63. The quantitative estimate of drug-likeness (QED) is 0.296. The number of nitrogens with one attached hydrogen (secondary N) is 4. The van der Waals surface area contributed by atoms with E-state index in [0.717, 1.165) is 18.4 Å². The van der Waals surface area contributed by atoms with Gasteiger partial charge in [0.25, 0.3) is 5.91 Å². The van der Waals surface area contributed by atoms with Gasteiger partial charge < -0.3 is 21.3 Å². The van der Waals surface area contributed by atoms with E-state index in [1.807, 2.05) is 52.0 Å². The summed E-state index contributed by atoms with van der Waals surface area (Å²) >= 11 is 0. The minimum atomic E-state index is -0.265. The van der Waals surface area contributed by atoms with Gasteiger partial charge in [-0.25, -0.2) is 4.99 Å². The van der Waals surface area contributed by atoms with Crippen molar-refractivity contribution in [1.29, 1.82) is 0 Å². The normalized spacial score (nSPS) is 11.7. The molecule has 0 aliphatic carbocycles. The first-order valence-corrected chi connectivity index (χ1v) is 9.95. The van der Waals surface area contributed by atoms with E-state index < -0.39 is 0 Å². The molecule has 4 N–H and O–H groups in total. The second-order valence-corrected chi connectivity index (χ2v) is 7.65. The standard InChI is InChI=1S/C21H35N5O2/c1-6-8-13-23-19(28)17-11-9-16(10-12-17)14-24-20(22-7-2)25-15-18(27)26-21(3,4)5/h9-12H,6-8,13-15H2,1-5H3,(H,23,28)(H,26,27)(H2,22,24,25). The lowest BCUT2D eigenvalue weighted by molar-refractivity contribution is -0.121. The molecule has 0 saturated heterocycles. The summed E-state index contributed by atoms with van der Waals surface area (Å²) in [6.45, 7) is 11.9. The molecule has 0 aromatic heterocycles. The number of rotatable bonds is 9. The van der Waals surface area contributed by atoms with Gasteiger partial charge in [-0.2, -0.15) is 0 Å². The first-order chi connectivity index (χ1) is 13.2. The van der Waals surface area contributed by atoms with Crippen molar-refractivity contribution < 1.29 is 9.59 Å². The summed E-state index contributed by atoms with van der Waals surface area (Å²) in [5, 5.41) is 12.0. The maximum Gasteiger partial charge on any atom is 0.251 e. The van der Waals surface area contributed by atoms with E-state index in [2.05, 4.69) is 33.2 Å². The Morgan fingerprint density at radius 2 is 1.68 bits per heavy atom. The molecular weight excluding hydrogens is 354 g/mol. The monoisotopic (exact) mass is 389 g/mol. The van der Waals surface area contributed by atoms with Crippen LogP contribution in [0.1, 0.15) is 63.4 Å². The zero-order valence-corrected chi connectivity index (χ0v) is 17.8. The van der Waals surface area contributed by atoms with Crippen LogP contribution in [-0.2, 0) is 11.3 Å². The minimum absolute atomic E-state index is 0.0524. The van der Waals surface area contributed by atoms with Crippen LogP contribution in [0.3, 0.4) is 0 Å². The van der Waals surface area contributed by atoms with Crippen molar-refractivity contribution >= 4 is 17.8 Å². The molecule has 0 atom stereocenters. The fraction of sp³-hybridized carbons (Fsp3) is 0.571. The summed E-state index contributed by atoms with van der Waals surface area (Å²) in [7, 11) is 0. The molecule has 1 aromatic rings. The van der Waals surface area contributed by atoms with Crippen LogP contribution >= 0.6 is 0 Å². The second-order valence-electron chi connectivity index (χ2n) is 7.65. The van der Waals surface area contributed by atoms with Gasteiger partial charge in [0.05, 0.1) is 13.1 Å². The molecule has 7 nitrogen and oxygen atoms in total. The van der Waals surface area contributed by atoms with Gasteiger partial charge in [-0.15, -0.1) is 0 Å². The summed E-state index contributed by atoms with van der Waals surface area (Å²) in [4.78, 5) is 28.5. The Kier molecular flexibility index (Phi) is 10.1. The van der Waals surface area contributed by atoms with E-state index in [1.165, 1.54) is 0 Å². The third-order valence-corrected chi connectivity index (χ3v) is 3.73. The number of unbranched alkanes of at least 4 members (excludes halogenated alkanes) is 1. The number of nitrogens with zero attached hydrogens (tertiary/aromatic N) is 1. The number of benzene rings is 1. The Morgan fingerprint density at radius 3 is 2.25 bits per heavy atom. The predicted octanol–water partition coefficient (Wildman–Crippen LogP) is 2.19. The first kappa shape index (κ1) is 23.5. The van der Waals surface area contributed by atoms with Gasteiger partial charge in [-0.1, -0.05) is 25.5 Å². The Morgan fingerprint density at radius 1 is 1.00 bits per heavy atom. The van der Waals surface area contributed by atoms with Crippen molar-refractivity contribution in [3.05, 3.63) is 35.4 Å². The topological polar surface area (TPSA) is 94.6 Å². The molecule has 7 heteroatoms. The molecular formula is C21H35N5O2. The van der Waals surface area contributed by atoms with Gasteiger partial charge in [0.2, 0.25) is 5.91 Å². The largest absolute Gasteiger partial charge is 0.357 e. The third kappa shape index (κ3) is 9.94. The molecule has 0 aliphatic rings. The predicted molar refractivity (Wildman–Crippen MR) is 114 cm³/mol. The summed E-state index contributed by atoms with van der Waals surface area (Å²) in [5.74, 6) is 0.438.